The monoisotopic (exact) mass is 1070 g/mol. The summed E-state index contributed by atoms with van der Waals surface area (Å²) in [6, 6.07) is -1.96. The molecule has 71 heavy (non-hydrogen) atoms. The molecule has 0 bridgehead atoms. The highest BCUT2D eigenvalue weighted by molar-refractivity contribution is 8.00. The zero-order chi connectivity index (χ0) is 53.2. The van der Waals surface area contributed by atoms with Crippen LogP contribution in [0.5, 0.6) is 0 Å². The number of aliphatic hydroxyl groups is 1. The summed E-state index contributed by atoms with van der Waals surface area (Å²) < 4.78 is 33.9. The Morgan fingerprint density at radius 1 is 0.761 bits per heavy atom. The van der Waals surface area contributed by atoms with Gasteiger partial charge in [-0.15, -0.1) is 11.8 Å². The molecular weight excluding hydrogens is 995 g/mol. The lowest BCUT2D eigenvalue weighted by molar-refractivity contribution is -0.139. The van der Waals surface area contributed by atoms with E-state index in [2.05, 4.69) is 16.0 Å². The molecule has 1 heterocycles. The van der Waals surface area contributed by atoms with Crippen molar-refractivity contribution in [1.82, 2.24) is 20.9 Å². The molecular formula is C44H76N6O18P2S. The minimum absolute atomic E-state index is 0.0134. The highest BCUT2D eigenvalue weighted by Gasteiger charge is 2.58. The number of carbonyl (C=O) groups is 9. The van der Waals surface area contributed by atoms with Crippen LogP contribution in [0.2, 0.25) is 0 Å². The van der Waals surface area contributed by atoms with Crippen LogP contribution < -0.4 is 27.4 Å². The molecule has 0 aromatic carbocycles. The summed E-state index contributed by atoms with van der Waals surface area (Å²) in [5.74, 6) is -3.17. The Bertz CT molecular complexity index is 1870. The Labute approximate surface area is 418 Å². The number of carbonyl (C=O) groups excluding carboxylic acids is 9. The van der Waals surface area contributed by atoms with Gasteiger partial charge in [0.05, 0.1) is 31.1 Å². The molecule has 0 aromatic heterocycles. The van der Waals surface area contributed by atoms with Gasteiger partial charge in [-0.1, -0.05) is 6.92 Å². The van der Waals surface area contributed by atoms with Crippen molar-refractivity contribution in [2.45, 2.75) is 158 Å². The highest BCUT2D eigenvalue weighted by atomic mass is 32.2. The number of hydrogen-bond donors (Lipinski definition) is 10. The van der Waals surface area contributed by atoms with Crippen LogP contribution in [0.3, 0.4) is 0 Å². The average molecular weight is 1070 g/mol. The Morgan fingerprint density at radius 3 is 2.00 bits per heavy atom. The summed E-state index contributed by atoms with van der Waals surface area (Å²) in [6.45, 7) is 3.82. The first-order chi connectivity index (χ1) is 33.4. The van der Waals surface area contributed by atoms with Crippen molar-refractivity contribution >= 4 is 79.7 Å². The number of imide groups is 1. The maximum atomic E-state index is 13.2. The summed E-state index contributed by atoms with van der Waals surface area (Å²) in [5.41, 5.74) is 11.6. The summed E-state index contributed by atoms with van der Waals surface area (Å²) in [7, 11) is -11.1. The molecule has 2 aliphatic rings. The average Bonchev–Trinajstić information content (AvgIpc) is 3.57. The third-order valence-electron chi connectivity index (χ3n) is 12.3. The summed E-state index contributed by atoms with van der Waals surface area (Å²) in [6.07, 6.45) is 4.14. The van der Waals surface area contributed by atoms with E-state index in [1.54, 1.807) is 0 Å². The number of rotatable bonds is 39. The number of ketones is 3. The van der Waals surface area contributed by atoms with E-state index >= 15 is 0 Å². The molecule has 0 radical (unpaired) electrons. The van der Waals surface area contributed by atoms with Crippen LogP contribution in [-0.2, 0) is 61.8 Å². The molecule has 2 fully saturated rings. The molecule has 2 rings (SSSR count). The van der Waals surface area contributed by atoms with Gasteiger partial charge in [0, 0.05) is 89.3 Å². The van der Waals surface area contributed by atoms with E-state index in [1.807, 2.05) is 6.92 Å². The maximum Gasteiger partial charge on any atom is 0.369 e. The Morgan fingerprint density at radius 2 is 1.38 bits per heavy atom. The molecule has 1 unspecified atom stereocenters. The van der Waals surface area contributed by atoms with E-state index in [0.29, 0.717) is 84.3 Å². The van der Waals surface area contributed by atoms with Gasteiger partial charge in [0.15, 0.2) is 0 Å². The van der Waals surface area contributed by atoms with E-state index in [1.165, 1.54) is 4.90 Å². The number of amides is 6. The molecule has 1 aliphatic heterocycles. The van der Waals surface area contributed by atoms with Crippen LogP contribution in [0.25, 0.3) is 0 Å². The van der Waals surface area contributed by atoms with Gasteiger partial charge >= 0.3 is 15.2 Å². The molecule has 1 saturated carbocycles. The molecule has 1 aliphatic carbocycles. The second-order valence-corrected chi connectivity index (χ2v) is 23.3. The van der Waals surface area contributed by atoms with E-state index < -0.39 is 61.8 Å². The number of ether oxygens (including phenoxy) is 2. The minimum atomic E-state index is -5.57. The number of likely N-dealkylation sites (tertiary alicyclic amines) is 1. The Hall–Kier alpha value is -3.48. The predicted octanol–water partition coefficient (Wildman–Crippen LogP) is 0.797. The van der Waals surface area contributed by atoms with E-state index in [4.69, 9.17) is 20.9 Å². The van der Waals surface area contributed by atoms with Gasteiger partial charge in [0.1, 0.15) is 23.4 Å². The van der Waals surface area contributed by atoms with Crippen molar-refractivity contribution in [3.63, 3.8) is 0 Å². The summed E-state index contributed by atoms with van der Waals surface area (Å²) in [5, 5.41) is 13.7. The first kappa shape index (κ1) is 63.6. The molecule has 3 atom stereocenters. The van der Waals surface area contributed by atoms with Gasteiger partial charge < -0.3 is 61.6 Å². The summed E-state index contributed by atoms with van der Waals surface area (Å²) in [4.78, 5) is 150. The molecule has 24 nitrogen and oxygen atoms in total. The fraction of sp³-hybridized carbons (Fsp3) is 0.795. The lowest BCUT2D eigenvalue weighted by atomic mass is 9.79. The molecule has 27 heteroatoms. The normalized spacial score (nSPS) is 18.5. The number of unbranched alkanes of at least 4 members (excludes halogenated alkanes) is 2. The molecule has 6 amide bonds. The van der Waals surface area contributed by atoms with Gasteiger partial charge in [0.2, 0.25) is 35.4 Å². The second kappa shape index (κ2) is 32.7. The number of thioether (sulfide) groups is 1. The Kier molecular flexibility index (Phi) is 29.3. The minimum Gasteiger partial charge on any atom is -0.379 e. The lowest BCUT2D eigenvalue weighted by Gasteiger charge is -2.30. The first-order valence-electron chi connectivity index (χ1n) is 24.3. The maximum absolute atomic E-state index is 13.2. The number of primary amides is 1. The van der Waals surface area contributed by atoms with Crippen molar-refractivity contribution in [3.8, 4) is 0 Å². The Balaban J connectivity index is 1.56. The van der Waals surface area contributed by atoms with Crippen LogP contribution in [0.15, 0.2) is 0 Å². The molecule has 1 saturated heterocycles. The van der Waals surface area contributed by atoms with E-state index in [0.717, 1.165) is 18.2 Å². The number of nitrogens with one attached hydrogen (secondary N) is 3. The molecule has 0 spiro atoms. The van der Waals surface area contributed by atoms with Crippen LogP contribution in [0.4, 0.5) is 0 Å². The van der Waals surface area contributed by atoms with Gasteiger partial charge in [0.25, 0.3) is 5.08 Å². The molecule has 406 valence electrons. The fourth-order valence-electron chi connectivity index (χ4n) is 7.97. The van der Waals surface area contributed by atoms with E-state index in [-0.39, 0.29) is 130 Å². The van der Waals surface area contributed by atoms with Crippen molar-refractivity contribution in [2.75, 3.05) is 51.8 Å². The standard InChI is InChI=1S/C44H76N6O18P2S/c1-2-8-32(51)16-18-38(54)47-22-24-68-26-25-67-23-7-9-33(52)17-19-39(55)49-35(41(46)57)10-4-6-21-48-42(58)34(45)29-71-37-27-40(56)50(43(37)59)28-30-12-14-31(15-13-30)36(53)11-3-5-20-44(60,69(61,62)63)70(64,65)66/h30-31,34-35,37,60H,2-29,45H2,1H3,(H2,46,57)(H,47,54)(H,48,58)(H,49,55)(H2,61,62,63)(H2,64,65,66)/t30?,31?,34-,35+,37?/m1/s1. The summed E-state index contributed by atoms with van der Waals surface area (Å²) >= 11 is 1.11. The van der Waals surface area contributed by atoms with Crippen LogP contribution in [-0.4, -0.2) is 157 Å². The van der Waals surface area contributed by atoms with Crippen molar-refractivity contribution in [1.29, 1.82) is 0 Å². The first-order valence-corrected chi connectivity index (χ1v) is 28.6. The molecule has 12 N–H and O–H groups in total. The number of hydrogen-bond acceptors (Lipinski definition) is 16. The fourth-order valence-corrected chi connectivity index (χ4v) is 11.3. The highest BCUT2D eigenvalue weighted by Crippen LogP contribution is 2.69. The lowest BCUT2D eigenvalue weighted by Crippen LogP contribution is -2.45. The third-order valence-corrected chi connectivity index (χ3v) is 17.4. The predicted molar refractivity (Wildman–Crippen MR) is 259 cm³/mol. The number of nitrogens with two attached hydrogens (primary N) is 2. The van der Waals surface area contributed by atoms with Crippen LogP contribution in [0, 0.1) is 11.8 Å². The zero-order valence-corrected chi connectivity index (χ0v) is 43.2. The van der Waals surface area contributed by atoms with Crippen molar-refractivity contribution < 1.29 is 86.4 Å². The van der Waals surface area contributed by atoms with Crippen molar-refractivity contribution in [2.24, 2.45) is 23.3 Å². The van der Waals surface area contributed by atoms with Crippen molar-refractivity contribution in [3.05, 3.63) is 0 Å². The topological polar surface area (TPSA) is 399 Å². The smallest absolute Gasteiger partial charge is 0.369 e. The second-order valence-electron chi connectivity index (χ2n) is 18.0. The van der Waals surface area contributed by atoms with Crippen LogP contribution >= 0.6 is 27.0 Å². The van der Waals surface area contributed by atoms with Gasteiger partial charge in [-0.05, 0) is 83.0 Å². The van der Waals surface area contributed by atoms with Crippen LogP contribution in [0.1, 0.15) is 135 Å². The quantitative estimate of drug-likeness (QED) is 0.0231. The third kappa shape index (κ3) is 24.0. The van der Waals surface area contributed by atoms with Gasteiger partial charge in [-0.3, -0.25) is 57.2 Å². The zero-order valence-electron chi connectivity index (χ0n) is 40.6. The number of nitrogens with zero attached hydrogens (tertiary/aromatic N) is 1. The van der Waals surface area contributed by atoms with Gasteiger partial charge in [-0.2, -0.15) is 0 Å². The van der Waals surface area contributed by atoms with E-state index in [9.17, 15) is 77.0 Å². The molecule has 0 aromatic rings. The largest absolute Gasteiger partial charge is 0.379 e. The van der Waals surface area contributed by atoms with Gasteiger partial charge in [-0.25, -0.2) is 0 Å². The number of Topliss-reactive ketones (excluding diaryl/α,β-unsaturated/α-hetero) is 3. The SMILES string of the molecule is CCCC(=O)CCC(=O)NCCOCCOCCCC(=O)CCC(=O)N[C@@H](CCCCNC(=O)[C@H](N)CSC1CC(=O)N(CC2CCC(C(=O)CCCCC(O)(P(=O)(O)O)P(=O)(O)O)CC2)C1=O)C(N)=O.